The number of aromatic amines is 1. The molecule has 0 unspecified atom stereocenters. The van der Waals surface area contributed by atoms with Crippen molar-refractivity contribution in [2.45, 2.75) is 6.42 Å². The molecule has 0 aliphatic heterocycles. The van der Waals surface area contributed by atoms with E-state index < -0.39 is 0 Å². The van der Waals surface area contributed by atoms with E-state index in [1.807, 2.05) is 5.38 Å². The second-order valence-corrected chi connectivity index (χ2v) is 3.19. The van der Waals surface area contributed by atoms with Gasteiger partial charge in [-0.2, -0.15) is 0 Å². The summed E-state index contributed by atoms with van der Waals surface area (Å²) in [6.45, 7) is 0.183. The fourth-order valence-electron chi connectivity index (χ4n) is 0.557. The molecule has 0 aliphatic rings. The van der Waals surface area contributed by atoms with Crippen molar-refractivity contribution in [3.63, 3.8) is 0 Å². The molecule has 4 heteroatoms. The quantitative estimate of drug-likeness (QED) is 0.642. The molecular formula is C5H7NOS2. The zero-order valence-corrected chi connectivity index (χ0v) is 6.39. The summed E-state index contributed by atoms with van der Waals surface area (Å²) < 4.78 is 0.776. The lowest BCUT2D eigenvalue weighted by atomic mass is 10.4. The Kier molecular flexibility index (Phi) is 2.38. The molecule has 50 valence electrons. The molecule has 2 N–H and O–H groups in total. The van der Waals surface area contributed by atoms with Gasteiger partial charge in [0.05, 0.1) is 0 Å². The normalized spacial score (nSPS) is 9.89. The maximum Gasteiger partial charge on any atom is 0.158 e. The highest BCUT2D eigenvalue weighted by Gasteiger charge is 1.90. The molecule has 0 saturated heterocycles. The van der Waals surface area contributed by atoms with E-state index >= 15 is 0 Å². The molecule has 1 heterocycles. The van der Waals surface area contributed by atoms with Gasteiger partial charge < -0.3 is 10.1 Å². The number of nitrogens with one attached hydrogen (secondary N) is 1. The van der Waals surface area contributed by atoms with Crippen LogP contribution in [0.2, 0.25) is 0 Å². The van der Waals surface area contributed by atoms with Crippen LogP contribution >= 0.6 is 23.6 Å². The van der Waals surface area contributed by atoms with Crippen LogP contribution in [0.4, 0.5) is 0 Å². The van der Waals surface area contributed by atoms with Gasteiger partial charge in [-0.15, -0.1) is 11.3 Å². The van der Waals surface area contributed by atoms with Crippen LogP contribution in [0, 0.1) is 3.95 Å². The van der Waals surface area contributed by atoms with Crippen LogP contribution in [0.25, 0.3) is 0 Å². The van der Waals surface area contributed by atoms with Gasteiger partial charge in [-0.3, -0.25) is 0 Å². The molecule has 0 radical (unpaired) electrons. The van der Waals surface area contributed by atoms with Gasteiger partial charge in [-0.1, -0.05) is 0 Å². The van der Waals surface area contributed by atoms with Crippen LogP contribution in [-0.2, 0) is 6.42 Å². The number of hydrogen-bond donors (Lipinski definition) is 2. The van der Waals surface area contributed by atoms with Gasteiger partial charge in [0, 0.05) is 24.1 Å². The van der Waals surface area contributed by atoms with Gasteiger partial charge in [0.1, 0.15) is 0 Å². The van der Waals surface area contributed by atoms with Crippen molar-refractivity contribution in [1.82, 2.24) is 4.98 Å². The Morgan fingerprint density at radius 2 is 2.56 bits per heavy atom. The Morgan fingerprint density at radius 3 is 3.00 bits per heavy atom. The smallest absolute Gasteiger partial charge is 0.158 e. The van der Waals surface area contributed by atoms with Crippen LogP contribution in [0.15, 0.2) is 5.38 Å². The number of rotatable bonds is 2. The Bertz CT molecular complexity index is 227. The van der Waals surface area contributed by atoms with E-state index in [0.717, 1.165) is 9.65 Å². The average Bonchev–Trinajstić information content (AvgIpc) is 2.17. The van der Waals surface area contributed by atoms with Crippen molar-refractivity contribution in [2.24, 2.45) is 0 Å². The fourth-order valence-corrected chi connectivity index (χ4v) is 1.45. The number of aliphatic hydroxyl groups excluding tert-OH is 1. The van der Waals surface area contributed by atoms with E-state index in [1.165, 1.54) is 11.3 Å². The highest BCUT2D eigenvalue weighted by atomic mass is 32.1. The minimum absolute atomic E-state index is 0.183. The molecule has 0 aliphatic carbocycles. The number of aliphatic hydroxyl groups is 1. The zero-order chi connectivity index (χ0) is 6.69. The van der Waals surface area contributed by atoms with Crippen molar-refractivity contribution < 1.29 is 5.11 Å². The summed E-state index contributed by atoms with van der Waals surface area (Å²) in [5.74, 6) is 0. The van der Waals surface area contributed by atoms with Gasteiger partial charge >= 0.3 is 0 Å². The Morgan fingerprint density at radius 1 is 1.78 bits per heavy atom. The third-order valence-corrected chi connectivity index (χ3v) is 2.06. The maximum absolute atomic E-state index is 8.48. The average molecular weight is 161 g/mol. The highest BCUT2D eigenvalue weighted by Crippen LogP contribution is 2.03. The van der Waals surface area contributed by atoms with Crippen molar-refractivity contribution >= 4 is 23.6 Å². The Balaban J connectivity index is 2.73. The van der Waals surface area contributed by atoms with Gasteiger partial charge in [-0.25, -0.2) is 0 Å². The molecule has 0 spiro atoms. The summed E-state index contributed by atoms with van der Waals surface area (Å²) >= 11 is 6.32. The number of aromatic nitrogens is 1. The summed E-state index contributed by atoms with van der Waals surface area (Å²) in [4.78, 5) is 2.95. The Hall–Kier alpha value is -0.190. The summed E-state index contributed by atoms with van der Waals surface area (Å²) in [7, 11) is 0. The molecular weight excluding hydrogens is 154 g/mol. The molecule has 0 bridgehead atoms. The van der Waals surface area contributed by atoms with Crippen LogP contribution in [-0.4, -0.2) is 16.7 Å². The molecule has 0 atom stereocenters. The summed E-state index contributed by atoms with van der Waals surface area (Å²) in [5, 5.41) is 10.4. The van der Waals surface area contributed by atoms with Crippen LogP contribution in [0.3, 0.4) is 0 Å². The molecule has 1 aromatic heterocycles. The van der Waals surface area contributed by atoms with E-state index in [1.54, 1.807) is 0 Å². The van der Waals surface area contributed by atoms with E-state index in [2.05, 4.69) is 4.98 Å². The predicted octanol–water partition coefficient (Wildman–Crippen LogP) is 1.34. The SMILES string of the molecule is OCCc1csc(=S)[nH]1. The van der Waals surface area contributed by atoms with Crippen molar-refractivity contribution in [3.8, 4) is 0 Å². The van der Waals surface area contributed by atoms with Crippen molar-refractivity contribution in [1.29, 1.82) is 0 Å². The van der Waals surface area contributed by atoms with E-state index in [9.17, 15) is 0 Å². The first-order valence-electron chi connectivity index (χ1n) is 2.60. The molecule has 2 nitrogen and oxygen atoms in total. The first kappa shape index (κ1) is 6.92. The zero-order valence-electron chi connectivity index (χ0n) is 4.76. The van der Waals surface area contributed by atoms with Gasteiger partial charge in [0.2, 0.25) is 0 Å². The molecule has 0 aromatic carbocycles. The highest BCUT2D eigenvalue weighted by molar-refractivity contribution is 7.73. The molecule has 1 rings (SSSR count). The lowest BCUT2D eigenvalue weighted by Gasteiger charge is -1.86. The van der Waals surface area contributed by atoms with Crippen molar-refractivity contribution in [3.05, 3.63) is 15.0 Å². The number of thiazole rings is 1. The summed E-state index contributed by atoms with van der Waals surface area (Å²) in [6.07, 6.45) is 0.674. The van der Waals surface area contributed by atoms with Crippen LogP contribution in [0.5, 0.6) is 0 Å². The van der Waals surface area contributed by atoms with E-state index in [-0.39, 0.29) is 6.61 Å². The topological polar surface area (TPSA) is 36.0 Å². The monoisotopic (exact) mass is 161 g/mol. The fraction of sp³-hybridized carbons (Fsp3) is 0.400. The molecule has 0 fully saturated rings. The van der Waals surface area contributed by atoms with E-state index in [4.69, 9.17) is 17.3 Å². The van der Waals surface area contributed by atoms with Gasteiger partial charge in [-0.05, 0) is 12.2 Å². The second-order valence-electron chi connectivity index (χ2n) is 1.65. The molecule has 1 aromatic rings. The standard InChI is InChI=1S/C5H7NOS2/c7-2-1-4-3-9-5(8)6-4/h3,7H,1-2H2,(H,6,8). The predicted molar refractivity (Wildman–Crippen MR) is 40.3 cm³/mol. The molecule has 0 saturated carbocycles. The summed E-state index contributed by atoms with van der Waals surface area (Å²) in [5.41, 5.74) is 1.02. The lowest BCUT2D eigenvalue weighted by molar-refractivity contribution is 0.298. The molecule has 0 amide bonds. The number of H-pyrrole nitrogens is 1. The largest absolute Gasteiger partial charge is 0.396 e. The van der Waals surface area contributed by atoms with Gasteiger partial charge in [0.15, 0.2) is 3.95 Å². The third kappa shape index (κ3) is 1.89. The third-order valence-electron chi connectivity index (χ3n) is 0.952. The first-order chi connectivity index (χ1) is 4.33. The summed E-state index contributed by atoms with van der Waals surface area (Å²) in [6, 6.07) is 0. The van der Waals surface area contributed by atoms with Gasteiger partial charge in [0.25, 0.3) is 0 Å². The molecule has 9 heavy (non-hydrogen) atoms. The minimum atomic E-state index is 0.183. The second kappa shape index (κ2) is 3.10. The van der Waals surface area contributed by atoms with E-state index in [0.29, 0.717) is 6.42 Å². The van der Waals surface area contributed by atoms with Crippen LogP contribution in [0.1, 0.15) is 5.69 Å². The Labute approximate surface area is 62.2 Å². The van der Waals surface area contributed by atoms with Crippen LogP contribution < -0.4 is 0 Å². The van der Waals surface area contributed by atoms with Crippen molar-refractivity contribution in [2.75, 3.05) is 6.61 Å². The minimum Gasteiger partial charge on any atom is -0.396 e. The lowest BCUT2D eigenvalue weighted by Crippen LogP contribution is -1.88. The number of hydrogen-bond acceptors (Lipinski definition) is 3. The maximum atomic E-state index is 8.48. The first-order valence-corrected chi connectivity index (χ1v) is 3.89.